The number of nitrogens with zero attached hydrogens (tertiary/aromatic N) is 3. The molecule has 1 N–H and O–H groups in total. The largest absolute Gasteiger partial charge is 0.490 e. The summed E-state index contributed by atoms with van der Waals surface area (Å²) in [5, 5.41) is 15.2. The lowest BCUT2D eigenvalue weighted by Crippen LogP contribution is -2.53. The number of aliphatic hydroxyl groups is 1. The van der Waals surface area contributed by atoms with Gasteiger partial charge in [-0.1, -0.05) is 25.1 Å². The van der Waals surface area contributed by atoms with Crippen LogP contribution in [0.1, 0.15) is 42.1 Å². The standard InChI is InChI=1S/C20H27N3O3/c1-3-10-23-13-17(12-21-23)19(24)22-11-6-9-20(25,14-22)15-26-18-8-5-4-7-16(18)2/h4-5,7-8,12-13,25H,3,6,9-11,14-15H2,1-2H3/t20-/m1/s1. The first-order valence-electron chi connectivity index (χ1n) is 9.23. The Hall–Kier alpha value is -2.34. The molecule has 1 aromatic carbocycles. The van der Waals surface area contributed by atoms with Crippen LogP contribution in [-0.4, -0.2) is 51.0 Å². The van der Waals surface area contributed by atoms with Crippen molar-refractivity contribution < 1.29 is 14.6 Å². The van der Waals surface area contributed by atoms with Gasteiger partial charge in [0.2, 0.25) is 0 Å². The van der Waals surface area contributed by atoms with E-state index in [1.807, 2.05) is 31.2 Å². The predicted octanol–water partition coefficient (Wildman–Crippen LogP) is 2.65. The number of piperidine rings is 1. The Morgan fingerprint density at radius 3 is 2.96 bits per heavy atom. The minimum atomic E-state index is -1.03. The third-order valence-electron chi connectivity index (χ3n) is 4.77. The molecule has 1 amide bonds. The highest BCUT2D eigenvalue weighted by atomic mass is 16.5. The number of rotatable bonds is 6. The fourth-order valence-corrected chi connectivity index (χ4v) is 3.34. The van der Waals surface area contributed by atoms with Crippen LogP contribution in [0.15, 0.2) is 36.7 Å². The molecule has 0 unspecified atom stereocenters. The molecule has 0 radical (unpaired) electrons. The number of carbonyl (C=O) groups excluding carboxylic acids is 1. The molecule has 0 saturated carbocycles. The Bertz CT molecular complexity index is 758. The van der Waals surface area contributed by atoms with E-state index in [-0.39, 0.29) is 19.1 Å². The molecule has 0 aliphatic carbocycles. The van der Waals surface area contributed by atoms with E-state index in [0.29, 0.717) is 18.5 Å². The van der Waals surface area contributed by atoms with Crippen molar-refractivity contribution in [1.29, 1.82) is 0 Å². The second kappa shape index (κ2) is 7.91. The molecule has 140 valence electrons. The van der Waals surface area contributed by atoms with Crippen LogP contribution >= 0.6 is 0 Å². The molecule has 0 spiro atoms. The smallest absolute Gasteiger partial charge is 0.257 e. The first kappa shape index (κ1) is 18.5. The summed E-state index contributed by atoms with van der Waals surface area (Å²) in [6, 6.07) is 7.74. The van der Waals surface area contributed by atoms with Crippen LogP contribution in [0.5, 0.6) is 5.75 Å². The zero-order valence-corrected chi connectivity index (χ0v) is 15.5. The van der Waals surface area contributed by atoms with Crippen LogP contribution in [0.25, 0.3) is 0 Å². The quantitative estimate of drug-likeness (QED) is 0.863. The van der Waals surface area contributed by atoms with Gasteiger partial charge in [-0.05, 0) is 37.8 Å². The Morgan fingerprint density at radius 1 is 1.38 bits per heavy atom. The lowest BCUT2D eigenvalue weighted by Gasteiger charge is -2.38. The van der Waals surface area contributed by atoms with E-state index in [1.54, 1.807) is 22.0 Å². The van der Waals surface area contributed by atoms with E-state index in [0.717, 1.165) is 30.7 Å². The Morgan fingerprint density at radius 2 is 2.19 bits per heavy atom. The van der Waals surface area contributed by atoms with Gasteiger partial charge in [0.1, 0.15) is 18.0 Å². The Kier molecular flexibility index (Phi) is 5.61. The number of aryl methyl sites for hydroxylation is 2. The van der Waals surface area contributed by atoms with Crippen LogP contribution in [0.2, 0.25) is 0 Å². The zero-order chi connectivity index (χ0) is 18.6. The van der Waals surface area contributed by atoms with Gasteiger partial charge in [-0.25, -0.2) is 0 Å². The average molecular weight is 357 g/mol. The van der Waals surface area contributed by atoms with Gasteiger partial charge in [0.25, 0.3) is 5.91 Å². The minimum absolute atomic E-state index is 0.0821. The summed E-state index contributed by atoms with van der Waals surface area (Å²) in [6.45, 7) is 5.94. The molecule has 2 heterocycles. The van der Waals surface area contributed by atoms with E-state index < -0.39 is 5.60 Å². The van der Waals surface area contributed by atoms with Crippen molar-refractivity contribution in [2.24, 2.45) is 0 Å². The molecule has 1 saturated heterocycles. The van der Waals surface area contributed by atoms with Gasteiger partial charge in [-0.2, -0.15) is 5.10 Å². The van der Waals surface area contributed by atoms with E-state index >= 15 is 0 Å². The highest BCUT2D eigenvalue weighted by Crippen LogP contribution is 2.25. The number of likely N-dealkylation sites (tertiary alicyclic amines) is 1. The summed E-state index contributed by atoms with van der Waals surface area (Å²) >= 11 is 0. The van der Waals surface area contributed by atoms with Crippen LogP contribution in [0.3, 0.4) is 0 Å². The SMILES string of the molecule is CCCn1cc(C(=O)N2CCC[C@](O)(COc3ccccc3C)C2)cn1. The molecule has 1 fully saturated rings. The van der Waals surface area contributed by atoms with Gasteiger partial charge in [-0.3, -0.25) is 9.48 Å². The van der Waals surface area contributed by atoms with Crippen molar-refractivity contribution in [3.8, 4) is 5.75 Å². The van der Waals surface area contributed by atoms with Gasteiger partial charge in [0.05, 0.1) is 18.3 Å². The van der Waals surface area contributed by atoms with E-state index in [2.05, 4.69) is 12.0 Å². The molecular formula is C20H27N3O3. The molecular weight excluding hydrogens is 330 g/mol. The molecule has 0 bridgehead atoms. The van der Waals surface area contributed by atoms with E-state index in [9.17, 15) is 9.90 Å². The van der Waals surface area contributed by atoms with Crippen molar-refractivity contribution in [3.63, 3.8) is 0 Å². The number of aromatic nitrogens is 2. The molecule has 26 heavy (non-hydrogen) atoms. The molecule has 2 aromatic rings. The summed E-state index contributed by atoms with van der Waals surface area (Å²) < 4.78 is 7.63. The van der Waals surface area contributed by atoms with E-state index in [1.165, 1.54) is 0 Å². The topological polar surface area (TPSA) is 67.6 Å². The Balaban J connectivity index is 1.63. The molecule has 6 heteroatoms. The highest BCUT2D eigenvalue weighted by Gasteiger charge is 2.36. The van der Waals surface area contributed by atoms with Gasteiger partial charge >= 0.3 is 0 Å². The van der Waals surface area contributed by atoms with Gasteiger partial charge in [0, 0.05) is 19.3 Å². The summed E-state index contributed by atoms with van der Waals surface area (Å²) in [4.78, 5) is 14.5. The third kappa shape index (κ3) is 4.25. The molecule has 1 aromatic heterocycles. The maximum atomic E-state index is 12.8. The van der Waals surface area contributed by atoms with Crippen molar-refractivity contribution >= 4 is 5.91 Å². The number of carbonyl (C=O) groups is 1. The molecule has 1 aliphatic rings. The number of hydrogen-bond acceptors (Lipinski definition) is 4. The van der Waals surface area contributed by atoms with Crippen molar-refractivity contribution in [2.75, 3.05) is 19.7 Å². The normalized spacial score (nSPS) is 20.2. The number of amides is 1. The third-order valence-corrected chi connectivity index (χ3v) is 4.77. The second-order valence-electron chi connectivity index (χ2n) is 7.10. The molecule has 1 aliphatic heterocycles. The summed E-state index contributed by atoms with van der Waals surface area (Å²) in [7, 11) is 0. The molecule has 1 atom stereocenters. The lowest BCUT2D eigenvalue weighted by atomic mass is 9.93. The number of hydrogen-bond donors (Lipinski definition) is 1. The fourth-order valence-electron chi connectivity index (χ4n) is 3.34. The average Bonchev–Trinajstić information content (AvgIpc) is 3.09. The van der Waals surface area contributed by atoms with Crippen LogP contribution in [0, 0.1) is 6.92 Å². The summed E-state index contributed by atoms with van der Waals surface area (Å²) in [6.07, 6.45) is 5.73. The van der Waals surface area contributed by atoms with Crippen molar-refractivity contribution in [3.05, 3.63) is 47.8 Å². The number of para-hydroxylation sites is 1. The monoisotopic (exact) mass is 357 g/mol. The summed E-state index contributed by atoms with van der Waals surface area (Å²) in [5.74, 6) is 0.687. The zero-order valence-electron chi connectivity index (χ0n) is 15.5. The maximum absolute atomic E-state index is 12.8. The van der Waals surface area contributed by atoms with E-state index in [4.69, 9.17) is 4.74 Å². The Labute approximate surface area is 154 Å². The predicted molar refractivity (Wildman–Crippen MR) is 99.3 cm³/mol. The fraction of sp³-hybridized carbons (Fsp3) is 0.500. The van der Waals surface area contributed by atoms with Crippen molar-refractivity contribution in [2.45, 2.75) is 45.3 Å². The van der Waals surface area contributed by atoms with Gasteiger partial charge < -0.3 is 14.7 Å². The highest BCUT2D eigenvalue weighted by molar-refractivity contribution is 5.93. The first-order chi connectivity index (χ1) is 12.5. The van der Waals surface area contributed by atoms with Gasteiger partial charge in [-0.15, -0.1) is 0 Å². The minimum Gasteiger partial charge on any atom is -0.490 e. The maximum Gasteiger partial charge on any atom is 0.257 e. The van der Waals surface area contributed by atoms with Crippen LogP contribution in [0.4, 0.5) is 0 Å². The van der Waals surface area contributed by atoms with Crippen LogP contribution in [-0.2, 0) is 6.54 Å². The molecule has 6 nitrogen and oxygen atoms in total. The lowest BCUT2D eigenvalue weighted by molar-refractivity contribution is -0.0533. The van der Waals surface area contributed by atoms with Crippen LogP contribution < -0.4 is 4.74 Å². The first-order valence-corrected chi connectivity index (χ1v) is 9.23. The number of ether oxygens (including phenoxy) is 1. The van der Waals surface area contributed by atoms with Gasteiger partial charge in [0.15, 0.2) is 0 Å². The summed E-state index contributed by atoms with van der Waals surface area (Å²) in [5.41, 5.74) is 0.570. The second-order valence-corrected chi connectivity index (χ2v) is 7.10. The number of β-amino-alcohol motifs (C(OH)–C–C–N with tert-alkyl or cyclic N) is 1. The number of benzene rings is 1. The van der Waals surface area contributed by atoms with Crippen molar-refractivity contribution in [1.82, 2.24) is 14.7 Å². The molecule has 3 rings (SSSR count).